The third-order valence-electron chi connectivity index (χ3n) is 4.49. The molecule has 0 saturated carbocycles. The number of carbonyl (C=O) groups is 2. The van der Waals surface area contributed by atoms with Gasteiger partial charge in [-0.1, -0.05) is 36.4 Å². The van der Waals surface area contributed by atoms with Gasteiger partial charge in [0, 0.05) is 5.56 Å². The molecular weight excluding hydrogens is 424 g/mol. The topological polar surface area (TPSA) is 130 Å². The van der Waals surface area contributed by atoms with Crippen LogP contribution in [0.25, 0.3) is 10.8 Å². The molecule has 0 radical (unpaired) electrons. The maximum Gasteiger partial charge on any atom is 0.378 e. The number of fused-ring (bicyclic) bond motifs is 1. The number of ketones is 1. The molecular formula is C18H18O9S2. The Kier molecular flexibility index (Phi) is 5.52. The number of hydrogen-bond donors (Lipinski definition) is 0. The first kappa shape index (κ1) is 21.4. The average Bonchev–Trinajstić information content (AvgIpc) is 2.75. The Hall–Kier alpha value is -2.34. The first-order valence-electron chi connectivity index (χ1n) is 8.58. The number of benzene rings is 2. The summed E-state index contributed by atoms with van der Waals surface area (Å²) >= 11 is 0. The van der Waals surface area contributed by atoms with E-state index in [0.29, 0.717) is 5.39 Å². The van der Waals surface area contributed by atoms with Gasteiger partial charge in [0.05, 0.1) is 19.8 Å². The summed E-state index contributed by atoms with van der Waals surface area (Å²) in [6.45, 7) is 1.28. The Bertz CT molecular complexity index is 1160. The fourth-order valence-corrected chi connectivity index (χ4v) is 7.18. The van der Waals surface area contributed by atoms with E-state index < -0.39 is 54.8 Å². The number of hydrogen-bond acceptors (Lipinski definition) is 9. The van der Waals surface area contributed by atoms with Crippen molar-refractivity contribution in [2.75, 3.05) is 19.8 Å². The van der Waals surface area contributed by atoms with Crippen molar-refractivity contribution in [3.8, 4) is 0 Å². The molecule has 3 rings (SSSR count). The molecule has 156 valence electrons. The SMILES string of the molecule is CCOC(=O)C(=O)C1(c2c(C)ccc3ccccc23)S(=O)(=O)OCCOS1(=O)=O. The average molecular weight is 442 g/mol. The van der Waals surface area contributed by atoms with Gasteiger partial charge in [-0.05, 0) is 30.2 Å². The predicted octanol–water partition coefficient (Wildman–Crippen LogP) is 1.14. The number of carbonyl (C=O) groups excluding carboxylic acids is 2. The lowest BCUT2D eigenvalue weighted by molar-refractivity contribution is -0.154. The second-order valence-corrected chi connectivity index (χ2v) is 9.97. The minimum Gasteiger partial charge on any atom is -0.460 e. The van der Waals surface area contributed by atoms with Gasteiger partial charge in [-0.2, -0.15) is 16.8 Å². The molecule has 1 aliphatic heterocycles. The van der Waals surface area contributed by atoms with Gasteiger partial charge in [0.1, 0.15) is 0 Å². The molecule has 1 saturated heterocycles. The monoisotopic (exact) mass is 442 g/mol. The number of rotatable bonds is 4. The van der Waals surface area contributed by atoms with Gasteiger partial charge in [0.25, 0.3) is 5.78 Å². The number of ether oxygens (including phenoxy) is 1. The molecule has 1 fully saturated rings. The van der Waals surface area contributed by atoms with E-state index in [9.17, 15) is 26.4 Å². The van der Waals surface area contributed by atoms with E-state index in [-0.39, 0.29) is 17.6 Å². The van der Waals surface area contributed by atoms with E-state index in [2.05, 4.69) is 4.74 Å². The molecule has 0 spiro atoms. The quantitative estimate of drug-likeness (QED) is 0.389. The minimum absolute atomic E-state index is 0.141. The van der Waals surface area contributed by atoms with Crippen LogP contribution < -0.4 is 0 Å². The summed E-state index contributed by atoms with van der Waals surface area (Å²) in [4.78, 5) is 25.5. The van der Waals surface area contributed by atoms with Crippen molar-refractivity contribution in [1.82, 2.24) is 0 Å². The fourth-order valence-electron chi connectivity index (χ4n) is 3.32. The molecule has 2 aromatic rings. The van der Waals surface area contributed by atoms with Gasteiger partial charge >= 0.3 is 30.3 Å². The maximum atomic E-state index is 13.2. The zero-order chi connectivity index (χ0) is 21.4. The molecule has 0 unspecified atom stereocenters. The highest BCUT2D eigenvalue weighted by molar-refractivity contribution is 8.06. The smallest absolute Gasteiger partial charge is 0.378 e. The molecule has 11 heteroatoms. The van der Waals surface area contributed by atoms with Crippen LogP contribution in [-0.4, -0.2) is 48.4 Å². The number of Topliss-reactive ketones (excluding diaryl/α,β-unsaturated/α-hetero) is 1. The standard InChI is InChI=1S/C18H18O9S2/c1-3-25-17(20)16(19)18(28(21,22)26-10-11-27-29(18,23)24)15-12(2)8-9-13-6-4-5-7-14(13)15/h4-9H,3,10-11H2,1-2H3. The Labute approximate surface area is 167 Å². The molecule has 0 aromatic heterocycles. The van der Waals surface area contributed by atoms with Gasteiger partial charge in [-0.25, -0.2) is 4.79 Å². The van der Waals surface area contributed by atoms with Gasteiger partial charge < -0.3 is 4.74 Å². The number of esters is 1. The van der Waals surface area contributed by atoms with Crippen molar-refractivity contribution < 1.29 is 39.5 Å². The fraction of sp³-hybridized carbons (Fsp3) is 0.333. The summed E-state index contributed by atoms with van der Waals surface area (Å²) in [5, 5.41) is 0.602. The lowest BCUT2D eigenvalue weighted by atomic mass is 9.95. The summed E-state index contributed by atoms with van der Waals surface area (Å²) in [7, 11) is -10.4. The highest BCUT2D eigenvalue weighted by Crippen LogP contribution is 2.45. The highest BCUT2D eigenvalue weighted by Gasteiger charge is 2.69. The van der Waals surface area contributed by atoms with Gasteiger partial charge in [0.2, 0.25) is 0 Å². The Morgan fingerprint density at radius 1 is 1.00 bits per heavy atom. The van der Waals surface area contributed by atoms with Crippen molar-refractivity contribution >= 4 is 42.8 Å². The summed E-state index contributed by atoms with van der Waals surface area (Å²) in [6, 6.07) is 9.35. The van der Waals surface area contributed by atoms with Crippen LogP contribution in [0.5, 0.6) is 0 Å². The molecule has 29 heavy (non-hydrogen) atoms. The van der Waals surface area contributed by atoms with Crippen LogP contribution in [0.4, 0.5) is 0 Å². The normalized spacial score (nSPS) is 19.9. The summed E-state index contributed by atoms with van der Waals surface area (Å²) in [6.07, 6.45) is 0. The Morgan fingerprint density at radius 2 is 1.59 bits per heavy atom. The highest BCUT2D eigenvalue weighted by atomic mass is 32.3. The van der Waals surface area contributed by atoms with Crippen LogP contribution in [0.2, 0.25) is 0 Å². The van der Waals surface area contributed by atoms with E-state index >= 15 is 0 Å². The van der Waals surface area contributed by atoms with E-state index in [1.54, 1.807) is 24.3 Å². The third-order valence-corrected chi connectivity index (χ3v) is 8.86. The Balaban J connectivity index is 2.58. The van der Waals surface area contributed by atoms with E-state index in [1.165, 1.54) is 26.0 Å². The summed E-state index contributed by atoms with van der Waals surface area (Å²) in [5.41, 5.74) is -0.279. The second kappa shape index (κ2) is 7.48. The molecule has 1 aliphatic rings. The van der Waals surface area contributed by atoms with Gasteiger partial charge in [0.15, 0.2) is 0 Å². The van der Waals surface area contributed by atoms with Crippen LogP contribution in [-0.2, 0) is 47.0 Å². The molecule has 0 atom stereocenters. The van der Waals surface area contributed by atoms with Crippen molar-refractivity contribution in [2.24, 2.45) is 0 Å². The largest absolute Gasteiger partial charge is 0.460 e. The third kappa shape index (κ3) is 3.14. The first-order chi connectivity index (χ1) is 13.6. The zero-order valence-electron chi connectivity index (χ0n) is 15.6. The molecule has 2 aromatic carbocycles. The lowest BCUT2D eigenvalue weighted by Crippen LogP contribution is -2.54. The van der Waals surface area contributed by atoms with E-state index in [4.69, 9.17) is 8.37 Å². The van der Waals surface area contributed by atoms with Crippen LogP contribution in [0.15, 0.2) is 36.4 Å². The minimum atomic E-state index is -5.22. The summed E-state index contributed by atoms with van der Waals surface area (Å²) in [5.74, 6) is -3.44. The second-order valence-electron chi connectivity index (χ2n) is 6.20. The van der Waals surface area contributed by atoms with Crippen molar-refractivity contribution in [1.29, 1.82) is 0 Å². The van der Waals surface area contributed by atoms with E-state index in [0.717, 1.165) is 0 Å². The Morgan fingerprint density at radius 3 is 2.17 bits per heavy atom. The van der Waals surface area contributed by atoms with Crippen molar-refractivity contribution in [2.45, 2.75) is 17.9 Å². The molecule has 0 aliphatic carbocycles. The molecule has 9 nitrogen and oxygen atoms in total. The van der Waals surface area contributed by atoms with Crippen LogP contribution in [0.1, 0.15) is 18.1 Å². The first-order valence-corrected chi connectivity index (χ1v) is 11.4. The predicted molar refractivity (Wildman–Crippen MR) is 102 cm³/mol. The van der Waals surface area contributed by atoms with Gasteiger partial charge in [-0.15, -0.1) is 0 Å². The zero-order valence-corrected chi connectivity index (χ0v) is 17.2. The number of aryl methyl sites for hydroxylation is 1. The van der Waals surface area contributed by atoms with Gasteiger partial charge in [-0.3, -0.25) is 13.2 Å². The van der Waals surface area contributed by atoms with Crippen molar-refractivity contribution in [3.63, 3.8) is 0 Å². The maximum absolute atomic E-state index is 13.2. The van der Waals surface area contributed by atoms with Crippen LogP contribution in [0.3, 0.4) is 0 Å². The van der Waals surface area contributed by atoms with Crippen LogP contribution >= 0.6 is 0 Å². The molecule has 1 heterocycles. The van der Waals surface area contributed by atoms with E-state index in [1.807, 2.05) is 0 Å². The molecule has 0 bridgehead atoms. The van der Waals surface area contributed by atoms with Crippen molar-refractivity contribution in [3.05, 3.63) is 47.5 Å². The van der Waals surface area contributed by atoms with Crippen LogP contribution in [0, 0.1) is 6.92 Å². The lowest BCUT2D eigenvalue weighted by Gasteiger charge is -2.29. The summed E-state index contributed by atoms with van der Waals surface area (Å²) < 4.78 is 63.5. The molecule has 0 N–H and O–H groups in total. The molecule has 0 amide bonds.